The van der Waals surface area contributed by atoms with Gasteiger partial charge in [0.05, 0.1) is 24.5 Å². The molecule has 1 amide bonds. The molecule has 2 aromatic rings. The number of nitrogens with zero attached hydrogens (tertiary/aromatic N) is 2. The quantitative estimate of drug-likeness (QED) is 0.683. The van der Waals surface area contributed by atoms with Gasteiger partial charge in [-0.3, -0.25) is 14.5 Å². The fraction of sp³-hybridized carbons (Fsp3) is 0.391. The molecule has 2 heterocycles. The molecule has 164 valence electrons. The third kappa shape index (κ3) is 4.74. The first-order chi connectivity index (χ1) is 15.0. The van der Waals surface area contributed by atoms with Crippen LogP contribution in [-0.2, 0) is 4.79 Å². The van der Waals surface area contributed by atoms with Crippen molar-refractivity contribution in [3.8, 4) is 17.2 Å². The van der Waals surface area contributed by atoms with E-state index >= 15 is 0 Å². The number of hydrogen-bond donors (Lipinski definition) is 1. The molecule has 0 aliphatic carbocycles. The minimum Gasteiger partial charge on any atom is -0.492 e. The van der Waals surface area contributed by atoms with Crippen molar-refractivity contribution in [2.75, 3.05) is 56.3 Å². The summed E-state index contributed by atoms with van der Waals surface area (Å²) in [4.78, 5) is 29.1. The molecule has 0 aromatic heterocycles. The van der Waals surface area contributed by atoms with Crippen LogP contribution in [-0.4, -0.2) is 62.7 Å². The van der Waals surface area contributed by atoms with E-state index in [1.165, 1.54) is 6.92 Å². The van der Waals surface area contributed by atoms with Gasteiger partial charge >= 0.3 is 0 Å². The molecule has 0 unspecified atom stereocenters. The van der Waals surface area contributed by atoms with Crippen LogP contribution >= 0.6 is 0 Å². The minimum atomic E-state index is -0.162. The Morgan fingerprint density at radius 1 is 1.06 bits per heavy atom. The van der Waals surface area contributed by atoms with Crippen LogP contribution in [0.2, 0.25) is 0 Å². The van der Waals surface area contributed by atoms with E-state index in [0.717, 1.165) is 37.6 Å². The molecule has 1 fully saturated rings. The maximum atomic E-state index is 12.7. The standard InChI is InChI=1S/C23H27N3O5/c1-3-29-20-7-5-4-6-19(20)26-10-8-25(9-11-26)14-23(28)24-18-13-22-21(30-15-31-22)12-17(18)16(2)27/h4-7,12-13H,3,8-11,14-15H2,1-2H3,(H,24,28). The molecule has 0 atom stereocenters. The number of rotatable bonds is 7. The molecule has 8 heteroatoms. The van der Waals surface area contributed by atoms with Crippen LogP contribution in [0.25, 0.3) is 0 Å². The number of Topliss-reactive ketones (excluding diaryl/α,β-unsaturated/α-hetero) is 1. The molecular weight excluding hydrogens is 398 g/mol. The number of carbonyl (C=O) groups is 2. The van der Waals surface area contributed by atoms with Crippen LogP contribution in [0.4, 0.5) is 11.4 Å². The van der Waals surface area contributed by atoms with Gasteiger partial charge < -0.3 is 24.4 Å². The number of nitrogens with one attached hydrogen (secondary N) is 1. The van der Waals surface area contributed by atoms with Crippen molar-refractivity contribution >= 4 is 23.1 Å². The highest BCUT2D eigenvalue weighted by molar-refractivity contribution is 6.05. The number of fused-ring (bicyclic) bond motifs is 1. The Hall–Kier alpha value is -3.26. The van der Waals surface area contributed by atoms with Crippen molar-refractivity contribution in [1.29, 1.82) is 0 Å². The third-order valence-corrected chi connectivity index (χ3v) is 5.41. The number of anilines is 2. The Balaban J connectivity index is 1.36. The van der Waals surface area contributed by atoms with Gasteiger partial charge in [0.2, 0.25) is 12.7 Å². The Labute approximate surface area is 181 Å². The fourth-order valence-corrected chi connectivity index (χ4v) is 3.87. The summed E-state index contributed by atoms with van der Waals surface area (Å²) in [5.74, 6) is 1.63. The second-order valence-corrected chi connectivity index (χ2v) is 7.52. The number of amides is 1. The average molecular weight is 425 g/mol. The summed E-state index contributed by atoms with van der Waals surface area (Å²) >= 11 is 0. The van der Waals surface area contributed by atoms with Crippen molar-refractivity contribution in [3.05, 3.63) is 42.0 Å². The maximum absolute atomic E-state index is 12.7. The van der Waals surface area contributed by atoms with Gasteiger partial charge in [-0.05, 0) is 32.0 Å². The zero-order valence-electron chi connectivity index (χ0n) is 17.8. The van der Waals surface area contributed by atoms with Gasteiger partial charge in [-0.25, -0.2) is 0 Å². The molecule has 1 N–H and O–H groups in total. The van der Waals surface area contributed by atoms with Gasteiger partial charge in [-0.2, -0.15) is 0 Å². The highest BCUT2D eigenvalue weighted by atomic mass is 16.7. The molecule has 2 aliphatic rings. The lowest BCUT2D eigenvalue weighted by Crippen LogP contribution is -2.48. The summed E-state index contributed by atoms with van der Waals surface area (Å²) in [7, 11) is 0. The van der Waals surface area contributed by atoms with E-state index in [-0.39, 0.29) is 25.0 Å². The molecule has 0 radical (unpaired) electrons. The first-order valence-corrected chi connectivity index (χ1v) is 10.5. The first-order valence-electron chi connectivity index (χ1n) is 10.5. The van der Waals surface area contributed by atoms with Gasteiger partial charge in [0, 0.05) is 37.8 Å². The lowest BCUT2D eigenvalue weighted by Gasteiger charge is -2.36. The lowest BCUT2D eigenvalue weighted by atomic mass is 10.1. The van der Waals surface area contributed by atoms with Crippen molar-refractivity contribution in [1.82, 2.24) is 4.90 Å². The summed E-state index contributed by atoms with van der Waals surface area (Å²) in [6, 6.07) is 11.3. The van der Waals surface area contributed by atoms with Crippen molar-refractivity contribution < 1.29 is 23.8 Å². The number of para-hydroxylation sites is 2. The van der Waals surface area contributed by atoms with Gasteiger partial charge in [0.15, 0.2) is 17.3 Å². The molecule has 0 saturated carbocycles. The second-order valence-electron chi connectivity index (χ2n) is 7.52. The lowest BCUT2D eigenvalue weighted by molar-refractivity contribution is -0.117. The van der Waals surface area contributed by atoms with Gasteiger partial charge in [0.25, 0.3) is 0 Å². The molecule has 1 saturated heterocycles. The summed E-state index contributed by atoms with van der Waals surface area (Å²) < 4.78 is 16.5. The molecule has 31 heavy (non-hydrogen) atoms. The number of ether oxygens (including phenoxy) is 3. The van der Waals surface area contributed by atoms with Crippen LogP contribution < -0.4 is 24.4 Å². The van der Waals surface area contributed by atoms with Crippen LogP contribution in [0, 0.1) is 0 Å². The first kappa shape index (κ1) is 21.0. The Morgan fingerprint density at radius 3 is 2.48 bits per heavy atom. The number of hydrogen-bond acceptors (Lipinski definition) is 7. The summed E-state index contributed by atoms with van der Waals surface area (Å²) in [6.45, 7) is 7.56. The molecule has 0 bridgehead atoms. The molecule has 4 rings (SSSR count). The number of ketones is 1. The van der Waals surface area contributed by atoms with E-state index in [4.69, 9.17) is 14.2 Å². The van der Waals surface area contributed by atoms with Crippen LogP contribution in [0.1, 0.15) is 24.2 Å². The van der Waals surface area contributed by atoms with Crippen LogP contribution in [0.3, 0.4) is 0 Å². The van der Waals surface area contributed by atoms with Crippen LogP contribution in [0.15, 0.2) is 36.4 Å². The van der Waals surface area contributed by atoms with E-state index in [2.05, 4.69) is 21.2 Å². The molecule has 0 spiro atoms. The normalized spacial score (nSPS) is 15.6. The third-order valence-electron chi connectivity index (χ3n) is 5.41. The van der Waals surface area contributed by atoms with E-state index < -0.39 is 0 Å². The largest absolute Gasteiger partial charge is 0.492 e. The Morgan fingerprint density at radius 2 is 1.77 bits per heavy atom. The smallest absolute Gasteiger partial charge is 0.238 e. The molecular formula is C23H27N3O5. The maximum Gasteiger partial charge on any atom is 0.238 e. The second kappa shape index (κ2) is 9.26. The molecule has 2 aromatic carbocycles. The summed E-state index contributed by atoms with van der Waals surface area (Å²) in [5.41, 5.74) is 1.95. The zero-order valence-corrected chi connectivity index (χ0v) is 17.8. The summed E-state index contributed by atoms with van der Waals surface area (Å²) in [6.07, 6.45) is 0. The number of benzene rings is 2. The highest BCUT2D eigenvalue weighted by Gasteiger charge is 2.23. The van der Waals surface area contributed by atoms with Crippen molar-refractivity contribution in [2.24, 2.45) is 0 Å². The van der Waals surface area contributed by atoms with E-state index in [9.17, 15) is 9.59 Å². The van der Waals surface area contributed by atoms with Crippen molar-refractivity contribution in [2.45, 2.75) is 13.8 Å². The van der Waals surface area contributed by atoms with Gasteiger partial charge in [-0.15, -0.1) is 0 Å². The van der Waals surface area contributed by atoms with Gasteiger partial charge in [-0.1, -0.05) is 12.1 Å². The van der Waals surface area contributed by atoms with E-state index in [0.29, 0.717) is 29.4 Å². The minimum absolute atomic E-state index is 0.112. The topological polar surface area (TPSA) is 80.3 Å². The SMILES string of the molecule is CCOc1ccccc1N1CCN(CC(=O)Nc2cc3c(cc2C(C)=O)OCO3)CC1. The highest BCUT2D eigenvalue weighted by Crippen LogP contribution is 2.37. The molecule has 8 nitrogen and oxygen atoms in total. The molecule has 2 aliphatic heterocycles. The average Bonchev–Trinajstić information content (AvgIpc) is 3.22. The summed E-state index contributed by atoms with van der Waals surface area (Å²) in [5, 5.41) is 2.87. The number of piperazine rings is 1. The fourth-order valence-electron chi connectivity index (χ4n) is 3.87. The monoisotopic (exact) mass is 425 g/mol. The van der Waals surface area contributed by atoms with E-state index in [1.54, 1.807) is 12.1 Å². The predicted molar refractivity (Wildman–Crippen MR) is 117 cm³/mol. The van der Waals surface area contributed by atoms with Gasteiger partial charge in [0.1, 0.15) is 5.75 Å². The van der Waals surface area contributed by atoms with Crippen LogP contribution in [0.5, 0.6) is 17.2 Å². The Bertz CT molecular complexity index is 970. The van der Waals surface area contributed by atoms with Crippen molar-refractivity contribution in [3.63, 3.8) is 0 Å². The zero-order chi connectivity index (χ0) is 21.8. The van der Waals surface area contributed by atoms with E-state index in [1.807, 2.05) is 25.1 Å². The predicted octanol–water partition coefficient (Wildman–Crippen LogP) is 2.78. The Kier molecular flexibility index (Phi) is 6.27. The number of carbonyl (C=O) groups excluding carboxylic acids is 2.